The Morgan fingerprint density at radius 3 is 2.63 bits per heavy atom. The van der Waals surface area contributed by atoms with Crippen LogP contribution in [0.5, 0.6) is 0 Å². The number of hydrogen-bond donors (Lipinski definition) is 1. The topological polar surface area (TPSA) is 64.9 Å². The maximum Gasteiger partial charge on any atom is 0.268 e. The Bertz CT molecular complexity index is 553. The summed E-state index contributed by atoms with van der Waals surface area (Å²) in [6.45, 7) is 2.03. The third kappa shape index (κ3) is 2.66. The number of aromatic nitrogens is 2. The van der Waals surface area contributed by atoms with Crippen molar-refractivity contribution in [2.24, 2.45) is 0 Å². The predicted octanol–water partition coefficient (Wildman–Crippen LogP) is 4.13. The van der Waals surface area contributed by atoms with Gasteiger partial charge in [-0.15, -0.1) is 11.3 Å². The molecule has 0 unspecified atom stereocenters. The van der Waals surface area contributed by atoms with Crippen molar-refractivity contribution < 1.29 is 4.52 Å². The van der Waals surface area contributed by atoms with Crippen LogP contribution < -0.4 is 5.73 Å². The first-order chi connectivity index (χ1) is 9.24. The fraction of sp³-hybridized carbons (Fsp3) is 0.571. The molecule has 2 aromatic heterocycles. The Morgan fingerprint density at radius 2 is 2.00 bits per heavy atom. The van der Waals surface area contributed by atoms with Gasteiger partial charge in [-0.05, 0) is 31.4 Å². The van der Waals surface area contributed by atoms with Crippen LogP contribution in [-0.4, -0.2) is 10.1 Å². The van der Waals surface area contributed by atoms with Crippen LogP contribution in [0.25, 0.3) is 10.8 Å². The van der Waals surface area contributed by atoms with Gasteiger partial charge in [-0.3, -0.25) is 0 Å². The van der Waals surface area contributed by atoms with Gasteiger partial charge in [0.05, 0.1) is 9.88 Å². The molecule has 4 nitrogen and oxygen atoms in total. The number of aryl methyl sites for hydroxylation is 1. The van der Waals surface area contributed by atoms with Crippen molar-refractivity contribution in [3.63, 3.8) is 0 Å². The third-order valence-corrected chi connectivity index (χ3v) is 4.85. The summed E-state index contributed by atoms with van der Waals surface area (Å²) in [4.78, 5) is 5.60. The zero-order valence-electron chi connectivity index (χ0n) is 11.2. The molecule has 19 heavy (non-hydrogen) atoms. The Kier molecular flexibility index (Phi) is 3.55. The zero-order valence-corrected chi connectivity index (χ0v) is 12.0. The number of rotatable bonds is 2. The lowest BCUT2D eigenvalue weighted by atomic mass is 10.00. The van der Waals surface area contributed by atoms with E-state index in [4.69, 9.17) is 10.3 Å². The molecule has 102 valence electrons. The summed E-state index contributed by atoms with van der Waals surface area (Å²) in [6, 6.07) is 1.95. The van der Waals surface area contributed by atoms with E-state index in [0.29, 0.717) is 11.8 Å². The minimum atomic E-state index is 0.470. The van der Waals surface area contributed by atoms with E-state index in [2.05, 4.69) is 10.1 Å². The Morgan fingerprint density at radius 1 is 1.26 bits per heavy atom. The summed E-state index contributed by atoms with van der Waals surface area (Å²) >= 11 is 1.51. The minimum Gasteiger partial charge on any atom is -0.391 e. The van der Waals surface area contributed by atoms with Crippen LogP contribution in [0.2, 0.25) is 0 Å². The Hall–Kier alpha value is -1.36. The maximum absolute atomic E-state index is 5.82. The van der Waals surface area contributed by atoms with Crippen LogP contribution in [0.3, 0.4) is 0 Å². The first-order valence-electron chi connectivity index (χ1n) is 6.94. The molecule has 0 amide bonds. The minimum absolute atomic E-state index is 0.470. The molecule has 0 saturated heterocycles. The summed E-state index contributed by atoms with van der Waals surface area (Å²) in [5.41, 5.74) is 6.93. The largest absolute Gasteiger partial charge is 0.391 e. The van der Waals surface area contributed by atoms with E-state index in [1.54, 1.807) is 0 Å². The van der Waals surface area contributed by atoms with Gasteiger partial charge >= 0.3 is 0 Å². The lowest BCUT2D eigenvalue weighted by molar-refractivity contribution is 0.410. The predicted molar refractivity (Wildman–Crippen MR) is 77.2 cm³/mol. The van der Waals surface area contributed by atoms with E-state index in [1.165, 1.54) is 49.9 Å². The molecule has 0 radical (unpaired) electrons. The lowest BCUT2D eigenvalue weighted by Crippen LogP contribution is -1.99. The highest BCUT2D eigenvalue weighted by molar-refractivity contribution is 7.19. The fourth-order valence-electron chi connectivity index (χ4n) is 2.75. The lowest BCUT2D eigenvalue weighted by Gasteiger charge is -2.07. The van der Waals surface area contributed by atoms with Crippen molar-refractivity contribution in [1.29, 1.82) is 0 Å². The fourth-order valence-corrected chi connectivity index (χ4v) is 3.61. The van der Waals surface area contributed by atoms with E-state index in [0.717, 1.165) is 21.3 Å². The summed E-state index contributed by atoms with van der Waals surface area (Å²) in [6.07, 6.45) is 7.59. The molecule has 3 rings (SSSR count). The number of nitrogens with zero attached hydrogens (tertiary/aromatic N) is 2. The van der Waals surface area contributed by atoms with Crippen molar-refractivity contribution in [3.8, 4) is 10.8 Å². The van der Waals surface area contributed by atoms with E-state index in [1.807, 2.05) is 13.0 Å². The standard InChI is InChI=1S/C14H19N3OS/c1-9-8-11(15)19-12(9)14-16-13(17-18-14)10-6-4-2-3-5-7-10/h8,10H,2-7,15H2,1H3. The van der Waals surface area contributed by atoms with E-state index in [9.17, 15) is 0 Å². The molecule has 2 aromatic rings. The van der Waals surface area contributed by atoms with Gasteiger partial charge in [-0.1, -0.05) is 30.8 Å². The second kappa shape index (κ2) is 5.33. The van der Waals surface area contributed by atoms with Gasteiger partial charge < -0.3 is 10.3 Å². The van der Waals surface area contributed by atoms with Gasteiger partial charge in [0, 0.05) is 5.92 Å². The molecular formula is C14H19N3OS. The Labute approximate surface area is 117 Å². The van der Waals surface area contributed by atoms with Gasteiger partial charge in [0.1, 0.15) is 0 Å². The Balaban J connectivity index is 1.84. The van der Waals surface area contributed by atoms with Crippen molar-refractivity contribution >= 4 is 16.3 Å². The van der Waals surface area contributed by atoms with Crippen LogP contribution >= 0.6 is 11.3 Å². The monoisotopic (exact) mass is 277 g/mol. The van der Waals surface area contributed by atoms with Gasteiger partial charge in [-0.25, -0.2) is 0 Å². The van der Waals surface area contributed by atoms with Crippen LogP contribution in [0.15, 0.2) is 10.6 Å². The first-order valence-corrected chi connectivity index (χ1v) is 7.75. The summed E-state index contributed by atoms with van der Waals surface area (Å²) in [5, 5.41) is 4.98. The summed E-state index contributed by atoms with van der Waals surface area (Å²) < 4.78 is 5.43. The van der Waals surface area contributed by atoms with Crippen LogP contribution in [0, 0.1) is 6.92 Å². The zero-order chi connectivity index (χ0) is 13.2. The smallest absolute Gasteiger partial charge is 0.268 e. The normalized spacial score (nSPS) is 17.5. The highest BCUT2D eigenvalue weighted by Gasteiger charge is 2.21. The first kappa shape index (κ1) is 12.7. The number of thiophene rings is 1. The molecule has 1 saturated carbocycles. The molecule has 0 aromatic carbocycles. The average molecular weight is 277 g/mol. The van der Waals surface area contributed by atoms with Crippen molar-refractivity contribution in [3.05, 3.63) is 17.5 Å². The van der Waals surface area contributed by atoms with Crippen LogP contribution in [-0.2, 0) is 0 Å². The van der Waals surface area contributed by atoms with E-state index < -0.39 is 0 Å². The molecule has 1 fully saturated rings. The van der Waals surface area contributed by atoms with Crippen LogP contribution in [0.1, 0.15) is 55.8 Å². The summed E-state index contributed by atoms with van der Waals surface area (Å²) in [5.74, 6) is 1.97. The van der Waals surface area contributed by atoms with Gasteiger partial charge in [-0.2, -0.15) is 4.98 Å². The molecular weight excluding hydrogens is 258 g/mol. The molecule has 1 aliphatic carbocycles. The molecule has 2 heterocycles. The number of nitrogens with two attached hydrogens (primary N) is 1. The highest BCUT2D eigenvalue weighted by Crippen LogP contribution is 2.35. The number of nitrogen functional groups attached to an aromatic ring is 1. The van der Waals surface area contributed by atoms with Gasteiger partial charge in [0.25, 0.3) is 5.89 Å². The second-order valence-electron chi connectivity index (χ2n) is 5.31. The quantitative estimate of drug-likeness (QED) is 0.838. The highest BCUT2D eigenvalue weighted by atomic mass is 32.1. The molecule has 1 aliphatic rings. The summed E-state index contributed by atoms with van der Waals surface area (Å²) in [7, 11) is 0. The van der Waals surface area contributed by atoms with Crippen molar-refractivity contribution in [2.75, 3.05) is 5.73 Å². The number of anilines is 1. The van der Waals surface area contributed by atoms with Crippen LogP contribution in [0.4, 0.5) is 5.00 Å². The van der Waals surface area contributed by atoms with E-state index in [-0.39, 0.29) is 0 Å². The van der Waals surface area contributed by atoms with Crippen molar-refractivity contribution in [1.82, 2.24) is 10.1 Å². The molecule has 0 spiro atoms. The van der Waals surface area contributed by atoms with Gasteiger partial charge in [0.15, 0.2) is 5.82 Å². The molecule has 2 N–H and O–H groups in total. The maximum atomic E-state index is 5.82. The van der Waals surface area contributed by atoms with Crippen molar-refractivity contribution in [2.45, 2.75) is 51.4 Å². The third-order valence-electron chi connectivity index (χ3n) is 3.79. The second-order valence-corrected chi connectivity index (χ2v) is 6.39. The molecule has 5 heteroatoms. The molecule has 0 aliphatic heterocycles. The molecule has 0 bridgehead atoms. The van der Waals surface area contributed by atoms with E-state index >= 15 is 0 Å². The SMILES string of the molecule is Cc1cc(N)sc1-c1nc(C2CCCCCC2)no1. The van der Waals surface area contributed by atoms with Gasteiger partial charge in [0.2, 0.25) is 0 Å². The molecule has 0 atom stereocenters. The number of hydrogen-bond acceptors (Lipinski definition) is 5. The average Bonchev–Trinajstić information content (AvgIpc) is 2.88.